The molecule has 3 N–H and O–H groups in total. The summed E-state index contributed by atoms with van der Waals surface area (Å²) in [6.45, 7) is 5.29. The van der Waals surface area contributed by atoms with E-state index in [4.69, 9.17) is 0 Å². The molecule has 2 aromatic rings. The Morgan fingerprint density at radius 2 is 1.52 bits per heavy atom. The topological polar surface area (TPSA) is 145 Å². The van der Waals surface area contributed by atoms with Gasteiger partial charge in [0.05, 0.1) is 12.6 Å². The van der Waals surface area contributed by atoms with Crippen molar-refractivity contribution in [3.05, 3.63) is 71.3 Å². The number of hydrogen-bond donors (Lipinski definition) is 3. The lowest BCUT2D eigenvalue weighted by molar-refractivity contribution is -0.148. The summed E-state index contributed by atoms with van der Waals surface area (Å²) in [6, 6.07) is 12.3. The quantitative estimate of drug-likeness (QED) is 0.271. The Bertz CT molecular complexity index is 1690. The SMILES string of the molecule is C[C@H](C(=O)N1C[C@H]2[C@@H]([C@H]1C(=O)N[C@@H](CCC(F)(F)F)C(=O)C(=O)NCC(=O)N[C@H](C(=O)N(C)C)c1ccccc1)C2(C)C)C1Cc2ccccc2C1. The highest BCUT2D eigenvalue weighted by Crippen LogP contribution is 2.65. The van der Waals surface area contributed by atoms with Crippen molar-refractivity contribution in [2.45, 2.75) is 70.8 Å². The van der Waals surface area contributed by atoms with Crippen molar-refractivity contribution in [1.29, 1.82) is 0 Å². The zero-order chi connectivity index (χ0) is 38.1. The second-order valence-electron chi connectivity index (χ2n) is 15.0. The van der Waals surface area contributed by atoms with Crippen molar-refractivity contribution >= 4 is 35.3 Å². The number of carbonyl (C=O) groups is 6. The Balaban J connectivity index is 1.26. The lowest BCUT2D eigenvalue weighted by atomic mass is 9.89. The fourth-order valence-electron chi connectivity index (χ4n) is 7.87. The second-order valence-corrected chi connectivity index (χ2v) is 15.0. The fraction of sp³-hybridized carbons (Fsp3) is 0.526. The molecule has 1 aliphatic heterocycles. The number of benzene rings is 2. The minimum atomic E-state index is -4.70. The highest BCUT2D eigenvalue weighted by atomic mass is 19.4. The first-order valence-corrected chi connectivity index (χ1v) is 17.5. The highest BCUT2D eigenvalue weighted by molar-refractivity contribution is 6.38. The molecule has 2 aromatic carbocycles. The molecule has 14 heteroatoms. The second kappa shape index (κ2) is 15.1. The average Bonchev–Trinajstić information content (AvgIpc) is 3.46. The van der Waals surface area contributed by atoms with E-state index in [-0.39, 0.29) is 29.1 Å². The van der Waals surface area contributed by atoms with E-state index in [2.05, 4.69) is 16.0 Å². The van der Waals surface area contributed by atoms with Crippen molar-refractivity contribution in [2.75, 3.05) is 27.2 Å². The van der Waals surface area contributed by atoms with E-state index < -0.39 is 79.0 Å². The van der Waals surface area contributed by atoms with Gasteiger partial charge in [0, 0.05) is 33.0 Å². The fourth-order valence-corrected chi connectivity index (χ4v) is 7.87. The maximum Gasteiger partial charge on any atom is 0.389 e. The van der Waals surface area contributed by atoms with E-state index in [1.54, 1.807) is 30.3 Å². The van der Waals surface area contributed by atoms with Crippen LogP contribution in [0.4, 0.5) is 13.2 Å². The van der Waals surface area contributed by atoms with Crippen LogP contribution in [0.1, 0.15) is 56.3 Å². The van der Waals surface area contributed by atoms with Gasteiger partial charge in [0.25, 0.3) is 5.91 Å². The predicted octanol–water partition coefficient (Wildman–Crippen LogP) is 2.98. The van der Waals surface area contributed by atoms with Crippen LogP contribution in [0.2, 0.25) is 0 Å². The van der Waals surface area contributed by atoms with E-state index >= 15 is 0 Å². The molecule has 280 valence electrons. The molecule has 1 heterocycles. The minimum Gasteiger partial charge on any atom is -0.347 e. The number of ketones is 1. The number of nitrogens with one attached hydrogen (secondary N) is 3. The number of carbonyl (C=O) groups excluding carboxylic acids is 6. The van der Waals surface area contributed by atoms with Gasteiger partial charge in [-0.3, -0.25) is 28.8 Å². The maximum atomic E-state index is 14.0. The number of likely N-dealkylation sites (tertiary alicyclic amines) is 1. The van der Waals surface area contributed by atoms with Gasteiger partial charge in [-0.05, 0) is 59.1 Å². The lowest BCUT2D eigenvalue weighted by Crippen LogP contribution is -2.56. The molecule has 1 saturated carbocycles. The van der Waals surface area contributed by atoms with E-state index in [0.29, 0.717) is 24.9 Å². The van der Waals surface area contributed by atoms with Crippen molar-refractivity contribution in [3.8, 4) is 0 Å². The van der Waals surface area contributed by atoms with E-state index in [1.165, 1.54) is 35.0 Å². The number of rotatable bonds is 13. The Kier molecular flexibility index (Phi) is 11.2. The molecule has 3 aliphatic rings. The van der Waals surface area contributed by atoms with Gasteiger partial charge in [-0.15, -0.1) is 0 Å². The van der Waals surface area contributed by atoms with Crippen molar-refractivity contribution in [2.24, 2.45) is 29.1 Å². The zero-order valence-corrected chi connectivity index (χ0v) is 30.0. The molecule has 0 bridgehead atoms. The molecule has 6 atom stereocenters. The smallest absolute Gasteiger partial charge is 0.347 e. The Hall–Kier alpha value is -4.75. The highest BCUT2D eigenvalue weighted by Gasteiger charge is 2.69. The molecule has 0 aromatic heterocycles. The van der Waals surface area contributed by atoms with Crippen LogP contribution in [0, 0.1) is 29.1 Å². The summed E-state index contributed by atoms with van der Waals surface area (Å²) in [5.74, 6) is -5.76. The summed E-state index contributed by atoms with van der Waals surface area (Å²) in [4.78, 5) is 82.6. The number of piperidine rings is 1. The van der Waals surface area contributed by atoms with Gasteiger partial charge in [-0.2, -0.15) is 13.2 Å². The minimum absolute atomic E-state index is 0.00889. The number of nitrogens with zero attached hydrogens (tertiary/aromatic N) is 2. The standard InChI is InChI=1S/C38H46F3N5O6/c1-21(25-17-23-13-9-10-14-24(23)18-25)35(51)46-20-26-29(37(26,2)3)31(46)33(49)43-27(15-16-38(39,40)41)32(48)34(50)42-19-28(47)44-30(36(52)45(4)5)22-11-7-6-8-12-22/h6-14,21,25-27,29-31H,15-20H2,1-5H3,(H,42,50)(H,43,49)(H,44,47)/t21-,26-,27-,29-,30-,31-/m0/s1. The predicted molar refractivity (Wildman–Crippen MR) is 184 cm³/mol. The molecule has 2 fully saturated rings. The van der Waals surface area contributed by atoms with Crippen LogP contribution in [0.5, 0.6) is 0 Å². The van der Waals surface area contributed by atoms with Crippen LogP contribution in [0.15, 0.2) is 54.6 Å². The maximum absolute atomic E-state index is 14.0. The molecule has 5 amide bonds. The van der Waals surface area contributed by atoms with Crippen molar-refractivity contribution < 1.29 is 41.9 Å². The molecule has 52 heavy (non-hydrogen) atoms. The number of likely N-dealkylation sites (N-methyl/N-ethyl adjacent to an activating group) is 1. The van der Waals surface area contributed by atoms with Crippen molar-refractivity contribution in [1.82, 2.24) is 25.8 Å². The monoisotopic (exact) mass is 725 g/mol. The number of alkyl halides is 3. The first-order valence-electron chi connectivity index (χ1n) is 17.5. The van der Waals surface area contributed by atoms with Gasteiger partial charge in [0.15, 0.2) is 0 Å². The summed E-state index contributed by atoms with van der Waals surface area (Å²) >= 11 is 0. The normalized spacial score (nSPS) is 21.9. The van der Waals surface area contributed by atoms with Gasteiger partial charge in [0.1, 0.15) is 12.1 Å². The third kappa shape index (κ3) is 8.31. The molecule has 1 saturated heterocycles. The largest absolute Gasteiger partial charge is 0.389 e. The average molecular weight is 726 g/mol. The summed E-state index contributed by atoms with van der Waals surface area (Å²) in [5, 5.41) is 7.01. The molecule has 0 radical (unpaired) electrons. The van der Waals surface area contributed by atoms with Crippen LogP contribution >= 0.6 is 0 Å². The molecule has 2 aliphatic carbocycles. The van der Waals surface area contributed by atoms with Gasteiger partial charge >= 0.3 is 6.18 Å². The Morgan fingerprint density at radius 1 is 0.923 bits per heavy atom. The van der Waals surface area contributed by atoms with E-state index in [1.807, 2.05) is 45.0 Å². The lowest BCUT2D eigenvalue weighted by Gasteiger charge is -2.34. The number of hydrogen-bond acceptors (Lipinski definition) is 6. The first kappa shape index (κ1) is 38.5. The number of Topliss-reactive ketones (excluding diaryl/α,β-unsaturated/α-hetero) is 1. The van der Waals surface area contributed by atoms with Gasteiger partial charge in [-0.1, -0.05) is 75.4 Å². The summed E-state index contributed by atoms with van der Waals surface area (Å²) in [7, 11) is 3.00. The van der Waals surface area contributed by atoms with Gasteiger partial charge < -0.3 is 25.8 Å². The molecular formula is C38H46F3N5O6. The van der Waals surface area contributed by atoms with Crippen LogP contribution in [0.3, 0.4) is 0 Å². The number of halogens is 3. The van der Waals surface area contributed by atoms with Crippen LogP contribution < -0.4 is 16.0 Å². The molecule has 5 rings (SSSR count). The third-order valence-electron chi connectivity index (χ3n) is 11.0. The van der Waals surface area contributed by atoms with Crippen LogP contribution in [-0.2, 0) is 41.6 Å². The third-order valence-corrected chi connectivity index (χ3v) is 11.0. The number of amides is 5. The van der Waals surface area contributed by atoms with E-state index in [0.717, 1.165) is 0 Å². The van der Waals surface area contributed by atoms with Gasteiger partial charge in [-0.25, -0.2) is 0 Å². The molecule has 0 unspecified atom stereocenters. The van der Waals surface area contributed by atoms with Crippen molar-refractivity contribution in [3.63, 3.8) is 0 Å². The molecule has 11 nitrogen and oxygen atoms in total. The van der Waals surface area contributed by atoms with Crippen LogP contribution in [0.25, 0.3) is 0 Å². The molecular weight excluding hydrogens is 679 g/mol. The first-order chi connectivity index (χ1) is 24.4. The van der Waals surface area contributed by atoms with Gasteiger partial charge in [0.2, 0.25) is 29.4 Å². The molecule has 0 spiro atoms. The van der Waals surface area contributed by atoms with Crippen LogP contribution in [-0.4, -0.2) is 90.6 Å². The summed E-state index contributed by atoms with van der Waals surface area (Å²) < 4.78 is 40.1. The summed E-state index contributed by atoms with van der Waals surface area (Å²) in [5.41, 5.74) is 2.50. The number of fused-ring (bicyclic) bond motifs is 2. The Labute approximate surface area is 301 Å². The summed E-state index contributed by atoms with van der Waals surface area (Å²) in [6.07, 6.45) is -5.65. The van der Waals surface area contributed by atoms with E-state index in [9.17, 15) is 41.9 Å². The Morgan fingerprint density at radius 3 is 2.10 bits per heavy atom. The zero-order valence-electron chi connectivity index (χ0n) is 30.0.